The van der Waals surface area contributed by atoms with Crippen LogP contribution in [0.5, 0.6) is 0 Å². The van der Waals surface area contributed by atoms with Gasteiger partial charge in [0.15, 0.2) is 0 Å². The Morgan fingerprint density at radius 2 is 1.47 bits per heavy atom. The highest BCUT2D eigenvalue weighted by Crippen LogP contribution is 2.47. The van der Waals surface area contributed by atoms with E-state index in [1.807, 2.05) is 0 Å². The minimum Gasteiger partial charge on any atom is -0.480 e. The molecule has 4 unspecified atom stereocenters. The van der Waals surface area contributed by atoms with Crippen LogP contribution < -0.4 is 11.2 Å². The molecule has 34 heavy (non-hydrogen) atoms. The molecular weight excluding hydrogens is 430 g/mol. The molecular formula is C27H35N3O4. The van der Waals surface area contributed by atoms with Crippen LogP contribution in [-0.2, 0) is 11.3 Å². The molecule has 2 saturated carbocycles. The smallest absolute Gasteiger partial charge is 0.332 e. The molecule has 0 radical (unpaired) electrons. The quantitative estimate of drug-likeness (QED) is 0.743. The maximum atomic E-state index is 13.5. The number of benzene rings is 1. The van der Waals surface area contributed by atoms with E-state index in [9.17, 15) is 19.5 Å². The lowest BCUT2D eigenvalue weighted by molar-refractivity contribution is -0.137. The summed E-state index contributed by atoms with van der Waals surface area (Å²) in [6.07, 6.45) is 13.3. The number of carbonyl (C=O) groups is 1. The van der Waals surface area contributed by atoms with Crippen molar-refractivity contribution in [2.45, 2.75) is 101 Å². The Balaban J connectivity index is 1.35. The van der Waals surface area contributed by atoms with Gasteiger partial charge in [-0.3, -0.25) is 23.6 Å². The van der Waals surface area contributed by atoms with E-state index >= 15 is 0 Å². The first-order valence-electron chi connectivity index (χ1n) is 13.2. The van der Waals surface area contributed by atoms with Gasteiger partial charge in [0.25, 0.3) is 5.56 Å². The highest BCUT2D eigenvalue weighted by molar-refractivity contribution is 5.79. The standard InChI is InChI=1S/C27H35N3O4/c31-25(32)16-28-24-10-2-1-9-23(24)26(33)30(27(28)34)22-14-19-7-4-8-20(15-22)29(19)21-12-17-5-3-6-18(11-17)13-21/h1-2,9-10,17-22H,3-8,11-16H2,(H,31,32). The summed E-state index contributed by atoms with van der Waals surface area (Å²) in [6.45, 7) is -0.434. The zero-order chi connectivity index (χ0) is 23.4. The Labute approximate surface area is 199 Å². The molecule has 1 aromatic heterocycles. The average molecular weight is 466 g/mol. The van der Waals surface area contributed by atoms with Crippen molar-refractivity contribution >= 4 is 16.9 Å². The summed E-state index contributed by atoms with van der Waals surface area (Å²) in [5, 5.41) is 9.87. The predicted octanol–water partition coefficient (Wildman–Crippen LogP) is 3.77. The van der Waals surface area contributed by atoms with Crippen LogP contribution in [0.15, 0.2) is 33.9 Å². The summed E-state index contributed by atoms with van der Waals surface area (Å²) >= 11 is 0. The molecule has 4 bridgehead atoms. The Hall–Kier alpha value is -2.41. The van der Waals surface area contributed by atoms with E-state index in [0.717, 1.165) is 37.5 Å². The van der Waals surface area contributed by atoms with E-state index in [4.69, 9.17) is 0 Å². The van der Waals surface area contributed by atoms with E-state index in [1.54, 1.807) is 24.3 Å². The van der Waals surface area contributed by atoms with E-state index < -0.39 is 18.2 Å². The van der Waals surface area contributed by atoms with Gasteiger partial charge in [-0.25, -0.2) is 4.79 Å². The number of rotatable bonds is 4. The van der Waals surface area contributed by atoms with Gasteiger partial charge < -0.3 is 5.11 Å². The maximum absolute atomic E-state index is 13.5. The van der Waals surface area contributed by atoms with Crippen molar-refractivity contribution in [3.05, 3.63) is 45.1 Å². The number of aromatic nitrogens is 2. The lowest BCUT2D eigenvalue weighted by Crippen LogP contribution is -2.59. The minimum absolute atomic E-state index is 0.167. The van der Waals surface area contributed by atoms with E-state index in [1.165, 1.54) is 54.1 Å². The lowest BCUT2D eigenvalue weighted by atomic mass is 9.68. The third kappa shape index (κ3) is 3.72. The number of carboxylic acid groups (broad SMARTS) is 1. The van der Waals surface area contributed by atoms with Crippen LogP contribution in [0.25, 0.3) is 10.9 Å². The predicted molar refractivity (Wildman–Crippen MR) is 130 cm³/mol. The van der Waals surface area contributed by atoms with Crippen LogP contribution in [0.1, 0.15) is 76.7 Å². The van der Waals surface area contributed by atoms with Crippen molar-refractivity contribution in [1.29, 1.82) is 0 Å². The SMILES string of the molecule is O=C(O)Cn1c(=O)n(C2CC3CCCC(C2)N3C2CC3CCCC(C3)C2)c(=O)c2ccccc21. The number of carboxylic acids is 1. The molecule has 2 saturated heterocycles. The molecule has 2 aromatic rings. The van der Waals surface area contributed by atoms with Gasteiger partial charge in [-0.1, -0.05) is 37.8 Å². The first kappa shape index (κ1) is 22.1. The molecule has 2 aliphatic carbocycles. The summed E-state index contributed by atoms with van der Waals surface area (Å²) in [5.74, 6) is 0.677. The molecule has 1 N–H and O–H groups in total. The molecule has 3 heterocycles. The number of hydrogen-bond donors (Lipinski definition) is 1. The second-order valence-corrected chi connectivity index (χ2v) is 11.3. The van der Waals surface area contributed by atoms with Crippen LogP contribution in [0.2, 0.25) is 0 Å². The Kier molecular flexibility index (Phi) is 5.63. The molecule has 1 aromatic carbocycles. The average Bonchev–Trinajstić information content (AvgIpc) is 2.81. The van der Waals surface area contributed by atoms with Gasteiger partial charge in [0, 0.05) is 24.2 Å². The topological polar surface area (TPSA) is 84.5 Å². The van der Waals surface area contributed by atoms with Gasteiger partial charge >= 0.3 is 11.7 Å². The van der Waals surface area contributed by atoms with Gasteiger partial charge in [-0.2, -0.15) is 0 Å². The van der Waals surface area contributed by atoms with Crippen molar-refractivity contribution in [3.8, 4) is 0 Å². The van der Waals surface area contributed by atoms with Gasteiger partial charge in [-0.15, -0.1) is 0 Å². The molecule has 7 heteroatoms. The summed E-state index contributed by atoms with van der Waals surface area (Å²) in [4.78, 5) is 41.4. The highest BCUT2D eigenvalue weighted by Gasteiger charge is 2.45. The Morgan fingerprint density at radius 3 is 2.15 bits per heavy atom. The fourth-order valence-electron chi connectivity index (χ4n) is 8.09. The van der Waals surface area contributed by atoms with Crippen molar-refractivity contribution in [2.24, 2.45) is 11.8 Å². The number of aliphatic carboxylic acids is 1. The summed E-state index contributed by atoms with van der Waals surface area (Å²) in [7, 11) is 0. The largest absolute Gasteiger partial charge is 0.480 e. The Bertz CT molecular complexity index is 1190. The number of fused-ring (bicyclic) bond motifs is 5. The fourth-order valence-corrected chi connectivity index (χ4v) is 8.09. The number of para-hydroxylation sites is 1. The number of hydrogen-bond acceptors (Lipinski definition) is 4. The summed E-state index contributed by atoms with van der Waals surface area (Å²) in [5.41, 5.74) is -0.344. The monoisotopic (exact) mass is 465 g/mol. The maximum Gasteiger partial charge on any atom is 0.332 e. The molecule has 4 atom stereocenters. The third-order valence-corrected chi connectivity index (χ3v) is 9.27. The van der Waals surface area contributed by atoms with E-state index in [-0.39, 0.29) is 11.6 Å². The highest BCUT2D eigenvalue weighted by atomic mass is 16.4. The summed E-state index contributed by atoms with van der Waals surface area (Å²) < 4.78 is 2.67. The second-order valence-electron chi connectivity index (χ2n) is 11.3. The number of piperidine rings is 2. The first-order chi connectivity index (χ1) is 16.5. The lowest BCUT2D eigenvalue weighted by Gasteiger charge is -2.55. The second kappa shape index (κ2) is 8.67. The van der Waals surface area contributed by atoms with Gasteiger partial charge in [0.2, 0.25) is 0 Å². The molecule has 4 aliphatic rings. The van der Waals surface area contributed by atoms with Crippen LogP contribution in [0, 0.1) is 11.8 Å². The molecule has 4 fully saturated rings. The molecule has 0 spiro atoms. The van der Waals surface area contributed by atoms with Gasteiger partial charge in [0.1, 0.15) is 6.54 Å². The third-order valence-electron chi connectivity index (χ3n) is 9.27. The molecule has 0 amide bonds. The fraction of sp³-hybridized carbons (Fsp3) is 0.667. The number of nitrogens with zero attached hydrogens (tertiary/aromatic N) is 3. The van der Waals surface area contributed by atoms with Crippen LogP contribution in [-0.4, -0.2) is 43.2 Å². The Morgan fingerprint density at radius 1 is 0.824 bits per heavy atom. The van der Waals surface area contributed by atoms with Gasteiger partial charge in [-0.05, 0) is 68.9 Å². The molecule has 6 rings (SSSR count). The first-order valence-corrected chi connectivity index (χ1v) is 13.2. The van der Waals surface area contributed by atoms with Crippen LogP contribution in [0.4, 0.5) is 0 Å². The van der Waals surface area contributed by atoms with Crippen molar-refractivity contribution < 1.29 is 9.90 Å². The van der Waals surface area contributed by atoms with Gasteiger partial charge in [0.05, 0.1) is 10.9 Å². The summed E-state index contributed by atoms with van der Waals surface area (Å²) in [6, 6.07) is 8.20. The van der Waals surface area contributed by atoms with Crippen molar-refractivity contribution in [2.75, 3.05) is 0 Å². The zero-order valence-corrected chi connectivity index (χ0v) is 19.8. The van der Waals surface area contributed by atoms with Crippen LogP contribution >= 0.6 is 0 Å². The molecule has 182 valence electrons. The zero-order valence-electron chi connectivity index (χ0n) is 19.8. The van der Waals surface area contributed by atoms with Crippen LogP contribution in [0.3, 0.4) is 0 Å². The van der Waals surface area contributed by atoms with E-state index in [2.05, 4.69) is 4.90 Å². The van der Waals surface area contributed by atoms with Crippen molar-refractivity contribution in [1.82, 2.24) is 14.0 Å². The van der Waals surface area contributed by atoms with E-state index in [0.29, 0.717) is 29.0 Å². The normalized spacial score (nSPS) is 33.6. The molecule has 7 nitrogen and oxygen atoms in total. The minimum atomic E-state index is -1.08. The van der Waals surface area contributed by atoms with Crippen molar-refractivity contribution in [3.63, 3.8) is 0 Å². The molecule has 2 aliphatic heterocycles.